The molecule has 7 heteroatoms. The summed E-state index contributed by atoms with van der Waals surface area (Å²) >= 11 is 34.7. The number of hydrogen-bond donors (Lipinski definition) is 0. The van der Waals surface area contributed by atoms with Gasteiger partial charge in [-0.15, -0.1) is 0 Å². The van der Waals surface area contributed by atoms with Gasteiger partial charge in [-0.3, -0.25) is 4.85 Å². The Labute approximate surface area is 111 Å². The molecule has 0 saturated heterocycles. The molecule has 1 atom stereocenters. The van der Waals surface area contributed by atoms with Crippen LogP contribution in [0.1, 0.15) is 0 Å². The second-order valence-corrected chi connectivity index (χ2v) is 5.53. The maximum atomic E-state index is 6.91. The lowest BCUT2D eigenvalue weighted by atomic mass is 10.1. The Bertz CT molecular complexity index is 376. The molecule has 0 radical (unpaired) electrons. The molecular weight excluding hydrogens is 311 g/mol. The van der Waals surface area contributed by atoms with E-state index in [0.717, 1.165) is 0 Å². The summed E-state index contributed by atoms with van der Waals surface area (Å²) < 4.78 is -1.85. The van der Waals surface area contributed by atoms with E-state index in [-0.39, 0.29) is 15.1 Å². The second-order valence-electron chi connectivity index (χ2n) is 2.46. The Morgan fingerprint density at radius 2 is 1.64 bits per heavy atom. The van der Waals surface area contributed by atoms with E-state index in [2.05, 4.69) is 4.85 Å². The van der Waals surface area contributed by atoms with Crippen LogP contribution in [0.25, 0.3) is 4.85 Å². The standard InChI is InChI=1S/C7HCl6N/c1-14-7(13)4(9)2-3(8)5(10)6(7,11)12/h2H. The molecule has 1 rings (SSSR count). The van der Waals surface area contributed by atoms with Crippen LogP contribution >= 0.6 is 69.6 Å². The third kappa shape index (κ3) is 1.63. The zero-order valence-corrected chi connectivity index (χ0v) is 10.8. The van der Waals surface area contributed by atoms with E-state index in [4.69, 9.17) is 76.2 Å². The summed E-state index contributed by atoms with van der Waals surface area (Å²) in [5.41, 5.74) is 0. The first-order valence-electron chi connectivity index (χ1n) is 3.16. The number of nitrogens with zero attached hydrogens (tertiary/aromatic N) is 1. The number of alkyl halides is 3. The van der Waals surface area contributed by atoms with Gasteiger partial charge < -0.3 is 0 Å². The van der Waals surface area contributed by atoms with Crippen molar-refractivity contribution in [3.05, 3.63) is 32.6 Å². The molecule has 0 aromatic carbocycles. The highest BCUT2D eigenvalue weighted by Crippen LogP contribution is 2.56. The van der Waals surface area contributed by atoms with Gasteiger partial charge in [0, 0.05) is 0 Å². The summed E-state index contributed by atoms with van der Waals surface area (Å²) in [5.74, 6) is 0. The SMILES string of the molecule is [C-]#[N+]C1(Cl)C(Cl)=CC(Cl)=C(Cl)C1(Cl)Cl. The van der Waals surface area contributed by atoms with Crippen molar-refractivity contribution in [2.45, 2.75) is 9.33 Å². The fourth-order valence-electron chi connectivity index (χ4n) is 0.839. The molecule has 0 N–H and O–H groups in total. The van der Waals surface area contributed by atoms with Crippen LogP contribution in [0.4, 0.5) is 0 Å². The van der Waals surface area contributed by atoms with E-state index in [1.165, 1.54) is 6.08 Å². The Morgan fingerprint density at radius 3 is 2.07 bits per heavy atom. The molecule has 0 aromatic heterocycles. The molecule has 0 amide bonds. The van der Waals surface area contributed by atoms with Crippen molar-refractivity contribution in [3.8, 4) is 0 Å². The first kappa shape index (κ1) is 12.8. The molecule has 0 bridgehead atoms. The van der Waals surface area contributed by atoms with Crippen LogP contribution in [0, 0.1) is 6.57 Å². The quantitative estimate of drug-likeness (QED) is 0.342. The van der Waals surface area contributed by atoms with E-state index >= 15 is 0 Å². The molecule has 0 saturated carbocycles. The van der Waals surface area contributed by atoms with Crippen molar-refractivity contribution in [2.75, 3.05) is 0 Å². The maximum Gasteiger partial charge on any atom is 0.379 e. The first-order chi connectivity index (χ1) is 6.27. The zero-order valence-electron chi connectivity index (χ0n) is 6.29. The minimum atomic E-state index is -1.85. The Morgan fingerprint density at radius 1 is 1.14 bits per heavy atom. The highest BCUT2D eigenvalue weighted by Gasteiger charge is 2.62. The first-order valence-corrected chi connectivity index (χ1v) is 5.43. The van der Waals surface area contributed by atoms with Crippen LogP contribution in [0.3, 0.4) is 0 Å². The van der Waals surface area contributed by atoms with Crippen LogP contribution in [0.2, 0.25) is 0 Å². The van der Waals surface area contributed by atoms with Crippen molar-refractivity contribution in [3.63, 3.8) is 0 Å². The molecular formula is C7HCl6N. The molecule has 0 spiro atoms. The highest BCUT2D eigenvalue weighted by atomic mass is 35.5. The summed E-state index contributed by atoms with van der Waals surface area (Å²) in [5, 5.41) is -0.104. The van der Waals surface area contributed by atoms with E-state index in [1.54, 1.807) is 0 Å². The van der Waals surface area contributed by atoms with Crippen LogP contribution in [0.5, 0.6) is 0 Å². The normalized spacial score (nSPS) is 31.1. The number of allylic oxidation sites excluding steroid dienone is 2. The minimum Gasteiger partial charge on any atom is -0.282 e. The van der Waals surface area contributed by atoms with Gasteiger partial charge in [-0.05, 0) is 17.7 Å². The molecule has 0 heterocycles. The fraction of sp³-hybridized carbons (Fsp3) is 0.286. The predicted molar refractivity (Wildman–Crippen MR) is 62.3 cm³/mol. The van der Waals surface area contributed by atoms with Gasteiger partial charge in [0.1, 0.15) is 5.03 Å². The Kier molecular flexibility index (Phi) is 3.60. The smallest absolute Gasteiger partial charge is 0.282 e. The monoisotopic (exact) mass is 309 g/mol. The van der Waals surface area contributed by atoms with E-state index in [9.17, 15) is 0 Å². The summed E-state index contributed by atoms with van der Waals surface area (Å²) in [6, 6.07) is 0. The Hall–Kier alpha value is 0.710. The number of halogens is 6. The summed E-state index contributed by atoms with van der Waals surface area (Å²) in [6.45, 7) is 6.91. The topological polar surface area (TPSA) is 4.36 Å². The molecule has 1 nitrogen and oxygen atoms in total. The molecule has 1 aliphatic rings. The van der Waals surface area contributed by atoms with Crippen LogP contribution < -0.4 is 0 Å². The second kappa shape index (κ2) is 3.94. The fourth-order valence-corrected chi connectivity index (χ4v) is 2.51. The van der Waals surface area contributed by atoms with Gasteiger partial charge in [0.15, 0.2) is 0 Å². The van der Waals surface area contributed by atoms with Gasteiger partial charge in [-0.1, -0.05) is 58.0 Å². The zero-order chi connectivity index (χ0) is 11.1. The number of hydrogen-bond acceptors (Lipinski definition) is 0. The summed E-state index contributed by atoms with van der Waals surface area (Å²) in [7, 11) is 0. The maximum absolute atomic E-state index is 6.91. The van der Waals surface area contributed by atoms with Crippen molar-refractivity contribution < 1.29 is 0 Å². The number of rotatable bonds is 0. The van der Waals surface area contributed by atoms with Gasteiger partial charge in [0.05, 0.1) is 10.1 Å². The summed E-state index contributed by atoms with van der Waals surface area (Å²) in [4.78, 5) is 1.25. The van der Waals surface area contributed by atoms with E-state index in [1.807, 2.05) is 0 Å². The third-order valence-corrected chi connectivity index (χ3v) is 4.87. The van der Waals surface area contributed by atoms with E-state index in [0.29, 0.717) is 0 Å². The lowest BCUT2D eigenvalue weighted by molar-refractivity contribution is 0.779. The highest BCUT2D eigenvalue weighted by molar-refractivity contribution is 6.64. The van der Waals surface area contributed by atoms with Crippen LogP contribution in [-0.2, 0) is 0 Å². The molecule has 0 fully saturated rings. The van der Waals surface area contributed by atoms with Crippen molar-refractivity contribution in [2.24, 2.45) is 0 Å². The lowest BCUT2D eigenvalue weighted by Crippen LogP contribution is -2.41. The van der Waals surface area contributed by atoms with Crippen molar-refractivity contribution in [1.82, 2.24) is 0 Å². The predicted octanol–water partition coefficient (Wildman–Crippen LogP) is 4.84. The third-order valence-electron chi connectivity index (χ3n) is 1.63. The largest absolute Gasteiger partial charge is 0.379 e. The van der Waals surface area contributed by atoms with Gasteiger partial charge in [0.25, 0.3) is 4.33 Å². The van der Waals surface area contributed by atoms with Gasteiger partial charge >= 0.3 is 5.00 Å². The minimum absolute atomic E-state index is 0.0615. The van der Waals surface area contributed by atoms with Crippen LogP contribution in [-0.4, -0.2) is 9.33 Å². The Balaban J connectivity index is 3.45. The molecule has 76 valence electrons. The van der Waals surface area contributed by atoms with E-state index < -0.39 is 9.33 Å². The molecule has 14 heavy (non-hydrogen) atoms. The average Bonchev–Trinajstić information content (AvgIpc) is 2.12. The van der Waals surface area contributed by atoms with Gasteiger partial charge in [0.2, 0.25) is 0 Å². The molecule has 0 aliphatic heterocycles. The average molecular weight is 312 g/mol. The lowest BCUT2D eigenvalue weighted by Gasteiger charge is -2.30. The molecule has 0 aromatic rings. The van der Waals surface area contributed by atoms with Crippen molar-refractivity contribution >= 4 is 69.6 Å². The van der Waals surface area contributed by atoms with Crippen molar-refractivity contribution in [1.29, 1.82) is 0 Å². The van der Waals surface area contributed by atoms with Crippen LogP contribution in [0.15, 0.2) is 21.2 Å². The summed E-state index contributed by atoms with van der Waals surface area (Å²) in [6.07, 6.45) is 1.25. The molecule has 1 unspecified atom stereocenters. The van der Waals surface area contributed by atoms with Gasteiger partial charge in [-0.2, -0.15) is 0 Å². The molecule has 1 aliphatic carbocycles. The van der Waals surface area contributed by atoms with Gasteiger partial charge in [-0.25, -0.2) is 6.57 Å².